The second-order valence-corrected chi connectivity index (χ2v) is 3.88. The van der Waals surface area contributed by atoms with E-state index in [0.29, 0.717) is 13.2 Å². The van der Waals surface area contributed by atoms with Gasteiger partial charge in [-0.25, -0.2) is 4.39 Å². The number of hydrazine groups is 1. The normalized spacial score (nSPS) is 10.2. The number of anilines is 1. The minimum atomic E-state index is -0.548. The molecule has 0 atom stereocenters. The number of carbonyl (C=O) groups excluding carboxylic acids is 1. The largest absolute Gasteiger partial charge is 0.385 e. The average molecular weight is 255 g/mol. The van der Waals surface area contributed by atoms with Crippen molar-refractivity contribution >= 4 is 11.6 Å². The van der Waals surface area contributed by atoms with Crippen LogP contribution in [0.1, 0.15) is 16.8 Å². The van der Waals surface area contributed by atoms with Crippen LogP contribution < -0.4 is 11.3 Å². The van der Waals surface area contributed by atoms with Gasteiger partial charge in [0.25, 0.3) is 5.91 Å². The lowest BCUT2D eigenvalue weighted by molar-refractivity contribution is 0.0780. The van der Waals surface area contributed by atoms with Crippen LogP contribution in [0.2, 0.25) is 0 Å². The van der Waals surface area contributed by atoms with E-state index in [2.05, 4.69) is 5.43 Å². The Morgan fingerprint density at radius 3 is 2.89 bits per heavy atom. The van der Waals surface area contributed by atoms with Gasteiger partial charge < -0.3 is 15.1 Å². The van der Waals surface area contributed by atoms with Crippen LogP contribution in [0.5, 0.6) is 0 Å². The van der Waals surface area contributed by atoms with Crippen molar-refractivity contribution in [3.8, 4) is 0 Å². The van der Waals surface area contributed by atoms with Crippen molar-refractivity contribution in [2.45, 2.75) is 6.42 Å². The van der Waals surface area contributed by atoms with Crippen LogP contribution >= 0.6 is 0 Å². The number of nitrogen functional groups attached to an aromatic ring is 1. The Hall–Kier alpha value is -1.66. The summed E-state index contributed by atoms with van der Waals surface area (Å²) in [5, 5.41) is 0. The van der Waals surface area contributed by atoms with Crippen molar-refractivity contribution < 1.29 is 13.9 Å². The molecular formula is C12H18FN3O2. The summed E-state index contributed by atoms with van der Waals surface area (Å²) >= 11 is 0. The molecule has 1 amide bonds. The molecule has 1 rings (SSSR count). The Bertz CT molecular complexity index is 412. The second kappa shape index (κ2) is 6.93. The van der Waals surface area contributed by atoms with E-state index in [0.717, 1.165) is 6.42 Å². The number of hydrogen-bond acceptors (Lipinski definition) is 4. The van der Waals surface area contributed by atoms with Gasteiger partial charge in [-0.15, -0.1) is 0 Å². The fraction of sp³-hybridized carbons (Fsp3) is 0.417. The lowest BCUT2D eigenvalue weighted by Crippen LogP contribution is -2.29. The maximum Gasteiger partial charge on any atom is 0.255 e. The molecule has 6 heteroatoms. The standard InChI is InChI=1S/C12H18FN3O2/c1-16(7-4-8-18-2)12(17)9-5-3-6-10(13)11(9)15-14/h3,5-6,15H,4,7-8,14H2,1-2H3. The average Bonchev–Trinajstić information content (AvgIpc) is 2.37. The molecule has 0 radical (unpaired) electrons. The molecular weight excluding hydrogens is 237 g/mol. The first-order valence-electron chi connectivity index (χ1n) is 5.61. The number of para-hydroxylation sites is 1. The highest BCUT2D eigenvalue weighted by Crippen LogP contribution is 2.20. The van der Waals surface area contributed by atoms with E-state index >= 15 is 0 Å². The van der Waals surface area contributed by atoms with Gasteiger partial charge in [0.15, 0.2) is 0 Å². The number of halogens is 1. The molecule has 0 aliphatic heterocycles. The second-order valence-electron chi connectivity index (χ2n) is 3.88. The van der Waals surface area contributed by atoms with Crippen LogP contribution in [0.3, 0.4) is 0 Å². The van der Waals surface area contributed by atoms with Crippen molar-refractivity contribution in [2.75, 3.05) is 32.7 Å². The minimum absolute atomic E-state index is 0.0149. The molecule has 3 N–H and O–H groups in total. The van der Waals surface area contributed by atoms with E-state index in [1.165, 1.54) is 23.1 Å². The van der Waals surface area contributed by atoms with Gasteiger partial charge in [-0.3, -0.25) is 10.6 Å². The summed E-state index contributed by atoms with van der Waals surface area (Å²) in [4.78, 5) is 13.6. The van der Waals surface area contributed by atoms with Crippen molar-refractivity contribution in [2.24, 2.45) is 5.84 Å². The van der Waals surface area contributed by atoms with E-state index in [-0.39, 0.29) is 17.2 Å². The summed E-state index contributed by atoms with van der Waals surface area (Å²) in [6, 6.07) is 4.26. The van der Waals surface area contributed by atoms with E-state index < -0.39 is 5.82 Å². The Balaban J connectivity index is 2.80. The monoisotopic (exact) mass is 255 g/mol. The topological polar surface area (TPSA) is 67.6 Å². The first kappa shape index (κ1) is 14.4. The molecule has 0 aliphatic rings. The fourth-order valence-electron chi connectivity index (χ4n) is 1.60. The molecule has 100 valence electrons. The lowest BCUT2D eigenvalue weighted by Gasteiger charge is -2.18. The first-order chi connectivity index (χ1) is 8.61. The molecule has 0 spiro atoms. The van der Waals surface area contributed by atoms with E-state index in [9.17, 15) is 9.18 Å². The molecule has 1 aromatic carbocycles. The van der Waals surface area contributed by atoms with Crippen LogP contribution in [0.15, 0.2) is 18.2 Å². The number of nitrogens with zero attached hydrogens (tertiary/aromatic N) is 1. The molecule has 0 fully saturated rings. The molecule has 0 saturated heterocycles. The molecule has 0 saturated carbocycles. The van der Waals surface area contributed by atoms with Gasteiger partial charge in [0.1, 0.15) is 5.82 Å². The van der Waals surface area contributed by atoms with Crippen LogP contribution in [0.4, 0.5) is 10.1 Å². The number of nitrogens with two attached hydrogens (primary N) is 1. The predicted octanol–water partition coefficient (Wildman–Crippen LogP) is 1.22. The SMILES string of the molecule is COCCCN(C)C(=O)c1cccc(F)c1NN. The zero-order valence-electron chi connectivity index (χ0n) is 10.6. The van der Waals surface area contributed by atoms with Crippen molar-refractivity contribution in [1.29, 1.82) is 0 Å². The number of amides is 1. The first-order valence-corrected chi connectivity index (χ1v) is 5.61. The Labute approximate surface area is 106 Å². The molecule has 18 heavy (non-hydrogen) atoms. The third-order valence-corrected chi connectivity index (χ3v) is 2.58. The number of methoxy groups -OCH3 is 1. The highest BCUT2D eigenvalue weighted by Gasteiger charge is 2.17. The van der Waals surface area contributed by atoms with Gasteiger partial charge in [-0.1, -0.05) is 6.07 Å². The van der Waals surface area contributed by atoms with Crippen LogP contribution in [-0.4, -0.2) is 38.1 Å². The highest BCUT2D eigenvalue weighted by molar-refractivity contribution is 5.99. The molecule has 0 heterocycles. The maximum absolute atomic E-state index is 13.4. The third-order valence-electron chi connectivity index (χ3n) is 2.58. The molecule has 0 aliphatic carbocycles. The zero-order chi connectivity index (χ0) is 13.5. The van der Waals surface area contributed by atoms with Gasteiger partial charge in [-0.05, 0) is 18.6 Å². The molecule has 0 aromatic heterocycles. The third kappa shape index (κ3) is 3.41. The van der Waals surface area contributed by atoms with Crippen molar-refractivity contribution in [3.63, 3.8) is 0 Å². The lowest BCUT2D eigenvalue weighted by atomic mass is 10.1. The summed E-state index contributed by atoms with van der Waals surface area (Å²) < 4.78 is 18.4. The zero-order valence-corrected chi connectivity index (χ0v) is 10.6. The summed E-state index contributed by atoms with van der Waals surface area (Å²) in [6.45, 7) is 1.11. The summed E-state index contributed by atoms with van der Waals surface area (Å²) in [5.41, 5.74) is 2.45. The number of nitrogens with one attached hydrogen (secondary N) is 1. The van der Waals surface area contributed by atoms with Gasteiger partial charge in [0.05, 0.1) is 11.3 Å². The minimum Gasteiger partial charge on any atom is -0.385 e. The van der Waals surface area contributed by atoms with E-state index in [1.807, 2.05) is 0 Å². The van der Waals surface area contributed by atoms with Gasteiger partial charge in [-0.2, -0.15) is 0 Å². The summed E-state index contributed by atoms with van der Waals surface area (Å²) in [5.74, 6) is 4.40. The Morgan fingerprint density at radius 2 is 2.28 bits per heavy atom. The van der Waals surface area contributed by atoms with Crippen LogP contribution in [-0.2, 0) is 4.74 Å². The summed E-state index contributed by atoms with van der Waals surface area (Å²) in [7, 11) is 3.26. The molecule has 1 aromatic rings. The van der Waals surface area contributed by atoms with Crippen LogP contribution in [0, 0.1) is 5.82 Å². The van der Waals surface area contributed by atoms with E-state index in [4.69, 9.17) is 10.6 Å². The van der Waals surface area contributed by atoms with Crippen molar-refractivity contribution in [1.82, 2.24) is 4.90 Å². The number of rotatable bonds is 6. The number of hydrogen-bond donors (Lipinski definition) is 2. The van der Waals surface area contributed by atoms with Gasteiger partial charge in [0, 0.05) is 27.3 Å². The van der Waals surface area contributed by atoms with Crippen LogP contribution in [0.25, 0.3) is 0 Å². The fourth-order valence-corrected chi connectivity index (χ4v) is 1.60. The maximum atomic E-state index is 13.4. The molecule has 0 unspecified atom stereocenters. The number of ether oxygens (including phenoxy) is 1. The summed E-state index contributed by atoms with van der Waals surface area (Å²) in [6.07, 6.45) is 0.722. The highest BCUT2D eigenvalue weighted by atomic mass is 19.1. The smallest absolute Gasteiger partial charge is 0.255 e. The number of carbonyl (C=O) groups is 1. The molecule has 0 bridgehead atoms. The van der Waals surface area contributed by atoms with Crippen molar-refractivity contribution in [3.05, 3.63) is 29.6 Å². The Kier molecular flexibility index (Phi) is 5.54. The predicted molar refractivity (Wildman–Crippen MR) is 67.7 cm³/mol. The Morgan fingerprint density at radius 1 is 1.56 bits per heavy atom. The van der Waals surface area contributed by atoms with Gasteiger partial charge >= 0.3 is 0 Å². The number of benzene rings is 1. The molecule has 5 nitrogen and oxygen atoms in total. The quantitative estimate of drug-likeness (QED) is 0.455. The van der Waals surface area contributed by atoms with E-state index in [1.54, 1.807) is 14.2 Å². The van der Waals surface area contributed by atoms with Gasteiger partial charge in [0.2, 0.25) is 0 Å².